The van der Waals surface area contributed by atoms with E-state index in [1.807, 2.05) is 0 Å². The van der Waals surface area contributed by atoms with E-state index in [-0.39, 0.29) is 21.2 Å². The molecule has 0 saturated carbocycles. The minimum Gasteiger partial charge on any atom is -0.366 e. The van der Waals surface area contributed by atoms with Crippen LogP contribution in [-0.4, -0.2) is 12.1 Å². The van der Waals surface area contributed by atoms with Crippen LogP contribution in [0, 0.1) is 0 Å². The van der Waals surface area contributed by atoms with E-state index in [1.165, 1.54) is 48.5 Å². The van der Waals surface area contributed by atoms with E-state index in [0.717, 1.165) is 6.08 Å². The molecule has 0 aliphatic heterocycles. The second-order valence-electron chi connectivity index (χ2n) is 5.07. The molecule has 24 heavy (non-hydrogen) atoms. The predicted molar refractivity (Wildman–Crippen MR) is 89.3 cm³/mol. The van der Waals surface area contributed by atoms with Gasteiger partial charge in [0, 0.05) is 15.6 Å². The van der Waals surface area contributed by atoms with Crippen LogP contribution in [0.4, 0.5) is 13.2 Å². The maximum atomic E-state index is 13.3. The van der Waals surface area contributed by atoms with Crippen LogP contribution in [0.2, 0.25) is 10.0 Å². The smallest absolute Gasteiger partial charge is 0.366 e. The second kappa shape index (κ2) is 7.28. The van der Waals surface area contributed by atoms with Crippen LogP contribution < -0.4 is 5.73 Å². The van der Waals surface area contributed by atoms with Crippen LogP contribution in [0.5, 0.6) is 0 Å². The van der Waals surface area contributed by atoms with E-state index >= 15 is 0 Å². The largest absolute Gasteiger partial charge is 0.399 e. The normalized spacial score (nSPS) is 13.2. The summed E-state index contributed by atoms with van der Waals surface area (Å²) in [5, 5.41) is 0.261. The Morgan fingerprint density at radius 1 is 1.04 bits per heavy atom. The van der Waals surface area contributed by atoms with Crippen LogP contribution in [0.15, 0.2) is 48.5 Å². The lowest BCUT2D eigenvalue weighted by Gasteiger charge is -2.18. The van der Waals surface area contributed by atoms with Gasteiger partial charge in [-0.1, -0.05) is 47.5 Å². The van der Waals surface area contributed by atoms with Crippen LogP contribution in [0.1, 0.15) is 27.4 Å². The highest BCUT2D eigenvalue weighted by molar-refractivity contribution is 6.34. The molecule has 0 heterocycles. The highest BCUT2D eigenvalue weighted by Crippen LogP contribution is 2.38. The molecule has 0 spiro atoms. The molecule has 0 bridgehead atoms. The number of primary amides is 1. The van der Waals surface area contributed by atoms with Crippen molar-refractivity contribution in [3.8, 4) is 0 Å². The van der Waals surface area contributed by atoms with Crippen molar-refractivity contribution in [2.45, 2.75) is 12.1 Å². The number of amides is 1. The molecule has 2 rings (SSSR count). The molecule has 126 valence electrons. The number of allylic oxidation sites excluding steroid dienone is 1. The number of carbonyl (C=O) groups excluding carboxylic acids is 1. The highest BCUT2D eigenvalue weighted by atomic mass is 35.5. The third kappa shape index (κ3) is 4.76. The number of nitrogens with two attached hydrogens (primary N) is 1. The van der Waals surface area contributed by atoms with Crippen molar-refractivity contribution in [3.05, 3.63) is 75.3 Å². The summed E-state index contributed by atoms with van der Waals surface area (Å²) in [4.78, 5) is 11.0. The van der Waals surface area contributed by atoms with E-state index < -0.39 is 18.0 Å². The number of rotatable bonds is 4. The first kappa shape index (κ1) is 18.4. The molecule has 0 saturated heterocycles. The molecule has 2 nitrogen and oxygen atoms in total. The van der Waals surface area contributed by atoms with Crippen LogP contribution in [-0.2, 0) is 0 Å². The molecule has 0 aromatic heterocycles. The van der Waals surface area contributed by atoms with Crippen molar-refractivity contribution in [2.24, 2.45) is 5.73 Å². The molecule has 0 aliphatic carbocycles. The zero-order valence-electron chi connectivity index (χ0n) is 12.1. The van der Waals surface area contributed by atoms with E-state index in [9.17, 15) is 18.0 Å². The Kier molecular flexibility index (Phi) is 5.57. The molecule has 0 fully saturated rings. The van der Waals surface area contributed by atoms with Crippen molar-refractivity contribution >= 4 is 35.2 Å². The minimum absolute atomic E-state index is 0.0509. The fraction of sp³-hybridized carbons (Fsp3) is 0.118. The molecule has 0 aliphatic rings. The highest BCUT2D eigenvalue weighted by Gasteiger charge is 2.39. The molecular formula is C17H12Cl2F3NO. The third-order valence-electron chi connectivity index (χ3n) is 3.27. The first-order chi connectivity index (χ1) is 11.2. The summed E-state index contributed by atoms with van der Waals surface area (Å²) in [6.45, 7) is 0. The maximum Gasteiger partial charge on any atom is 0.399 e. The lowest BCUT2D eigenvalue weighted by Crippen LogP contribution is -2.18. The number of alkyl halides is 3. The summed E-state index contributed by atoms with van der Waals surface area (Å²) in [5.74, 6) is -2.46. The Bertz CT molecular complexity index is 750. The molecule has 2 N–H and O–H groups in total. The summed E-state index contributed by atoms with van der Waals surface area (Å²) in [5.41, 5.74) is 5.85. The first-order valence-corrected chi connectivity index (χ1v) is 7.53. The number of hydrogen-bond donors (Lipinski definition) is 1. The quantitative estimate of drug-likeness (QED) is 0.760. The van der Waals surface area contributed by atoms with Gasteiger partial charge in [0.2, 0.25) is 5.91 Å². The zero-order chi connectivity index (χ0) is 17.9. The van der Waals surface area contributed by atoms with Crippen molar-refractivity contribution in [3.63, 3.8) is 0 Å². The SMILES string of the molecule is NC(=O)c1ccc(C=CC(c2cc(Cl)cc(Cl)c2)C(F)(F)F)cc1. The van der Waals surface area contributed by atoms with Gasteiger partial charge in [0.15, 0.2) is 0 Å². The molecule has 1 amide bonds. The van der Waals surface area contributed by atoms with Gasteiger partial charge in [-0.05, 0) is 41.5 Å². The molecule has 2 aromatic rings. The van der Waals surface area contributed by atoms with Gasteiger partial charge in [-0.3, -0.25) is 4.79 Å². The number of halogens is 5. The molecule has 1 unspecified atom stereocenters. The van der Waals surface area contributed by atoms with Crippen molar-refractivity contribution in [1.82, 2.24) is 0 Å². The van der Waals surface area contributed by atoms with Gasteiger partial charge in [0.25, 0.3) is 0 Å². The van der Waals surface area contributed by atoms with Gasteiger partial charge in [0.05, 0.1) is 5.92 Å². The monoisotopic (exact) mass is 373 g/mol. The standard InChI is InChI=1S/C17H12Cl2F3NO/c18-13-7-12(8-14(19)9-13)15(17(20,21)22)6-3-10-1-4-11(5-2-10)16(23)24/h1-9,15H,(H2,23,24). The maximum absolute atomic E-state index is 13.3. The minimum atomic E-state index is -4.50. The zero-order valence-corrected chi connectivity index (χ0v) is 13.7. The van der Waals surface area contributed by atoms with Gasteiger partial charge in [-0.15, -0.1) is 0 Å². The molecular weight excluding hydrogens is 362 g/mol. The Hall–Kier alpha value is -1.98. The van der Waals surface area contributed by atoms with Crippen molar-refractivity contribution < 1.29 is 18.0 Å². The van der Waals surface area contributed by atoms with Crippen LogP contribution in [0.3, 0.4) is 0 Å². The first-order valence-electron chi connectivity index (χ1n) is 6.77. The van der Waals surface area contributed by atoms with Gasteiger partial charge >= 0.3 is 6.18 Å². The topological polar surface area (TPSA) is 43.1 Å². The average molecular weight is 374 g/mol. The second-order valence-corrected chi connectivity index (χ2v) is 5.94. The van der Waals surface area contributed by atoms with Gasteiger partial charge < -0.3 is 5.73 Å². The summed E-state index contributed by atoms with van der Waals surface area (Å²) in [6.07, 6.45) is -2.17. The summed E-state index contributed by atoms with van der Waals surface area (Å²) < 4.78 is 40.0. The lowest BCUT2D eigenvalue weighted by molar-refractivity contribution is -0.139. The third-order valence-corrected chi connectivity index (χ3v) is 3.71. The predicted octanol–water partition coefficient (Wildman–Crippen LogP) is 5.45. The number of hydrogen-bond acceptors (Lipinski definition) is 1. The Morgan fingerprint density at radius 2 is 1.58 bits per heavy atom. The van der Waals surface area contributed by atoms with E-state index in [4.69, 9.17) is 28.9 Å². The van der Waals surface area contributed by atoms with Crippen LogP contribution >= 0.6 is 23.2 Å². The molecule has 1 atom stereocenters. The number of carbonyl (C=O) groups is 1. The lowest BCUT2D eigenvalue weighted by atomic mass is 9.97. The van der Waals surface area contributed by atoms with Gasteiger partial charge in [0.1, 0.15) is 0 Å². The van der Waals surface area contributed by atoms with Gasteiger partial charge in [-0.2, -0.15) is 13.2 Å². The Morgan fingerprint density at radius 3 is 2.04 bits per heavy atom. The van der Waals surface area contributed by atoms with E-state index in [2.05, 4.69) is 0 Å². The van der Waals surface area contributed by atoms with E-state index in [1.54, 1.807) is 0 Å². The van der Waals surface area contributed by atoms with Crippen molar-refractivity contribution in [2.75, 3.05) is 0 Å². The fourth-order valence-electron chi connectivity index (χ4n) is 2.13. The summed E-state index contributed by atoms with van der Waals surface area (Å²) in [7, 11) is 0. The summed E-state index contributed by atoms with van der Waals surface area (Å²) >= 11 is 11.6. The average Bonchev–Trinajstić information content (AvgIpc) is 2.45. The molecule has 7 heteroatoms. The Balaban J connectivity index is 2.34. The Labute approximate surface area is 146 Å². The summed E-state index contributed by atoms with van der Waals surface area (Å²) in [6, 6.07) is 9.73. The number of benzene rings is 2. The van der Waals surface area contributed by atoms with Crippen LogP contribution in [0.25, 0.3) is 6.08 Å². The fourth-order valence-corrected chi connectivity index (χ4v) is 2.67. The van der Waals surface area contributed by atoms with E-state index in [0.29, 0.717) is 5.56 Å². The molecule has 0 radical (unpaired) electrons. The van der Waals surface area contributed by atoms with Gasteiger partial charge in [-0.25, -0.2) is 0 Å². The van der Waals surface area contributed by atoms with Crippen molar-refractivity contribution in [1.29, 1.82) is 0 Å². The molecule has 2 aromatic carbocycles.